The highest BCUT2D eigenvalue weighted by atomic mass is 16.6. The molecule has 7 heteroatoms. The first-order valence-corrected chi connectivity index (χ1v) is 8.23. The molecule has 0 aliphatic heterocycles. The molecule has 0 atom stereocenters. The van der Waals surface area contributed by atoms with Crippen LogP contribution in [0.5, 0.6) is 11.5 Å². The van der Waals surface area contributed by atoms with Gasteiger partial charge in [0.15, 0.2) is 0 Å². The van der Waals surface area contributed by atoms with E-state index in [1.807, 2.05) is 13.8 Å². The molecule has 0 aromatic heterocycles. The average Bonchev–Trinajstić information content (AvgIpc) is 2.64. The van der Waals surface area contributed by atoms with E-state index in [1.54, 1.807) is 48.5 Å². The van der Waals surface area contributed by atoms with Gasteiger partial charge < -0.3 is 14.8 Å². The maximum Gasteiger partial charge on any atom is 0.303 e. The van der Waals surface area contributed by atoms with Gasteiger partial charge in [-0.2, -0.15) is 0 Å². The zero-order valence-corrected chi connectivity index (χ0v) is 14.7. The minimum atomic E-state index is -0.500. The molecule has 26 heavy (non-hydrogen) atoms. The predicted octanol–water partition coefficient (Wildman–Crippen LogP) is 4.42. The van der Waals surface area contributed by atoms with Gasteiger partial charge in [-0.25, -0.2) is 4.99 Å². The van der Waals surface area contributed by atoms with Gasteiger partial charge >= 0.3 is 5.70 Å². The summed E-state index contributed by atoms with van der Waals surface area (Å²) >= 11 is 0. The van der Waals surface area contributed by atoms with Crippen molar-refractivity contribution in [2.45, 2.75) is 13.8 Å². The molecule has 0 aliphatic carbocycles. The van der Waals surface area contributed by atoms with Crippen LogP contribution >= 0.6 is 0 Å². The first-order valence-electron chi connectivity index (χ1n) is 8.23. The molecule has 1 N–H and O–H groups in total. The Hall–Kier alpha value is -3.35. The van der Waals surface area contributed by atoms with Crippen LogP contribution in [0.3, 0.4) is 0 Å². The van der Waals surface area contributed by atoms with Crippen LogP contribution in [0.1, 0.15) is 13.8 Å². The third kappa shape index (κ3) is 5.94. The number of anilines is 1. The van der Waals surface area contributed by atoms with Gasteiger partial charge in [-0.15, -0.1) is 0 Å². The van der Waals surface area contributed by atoms with Crippen LogP contribution < -0.4 is 14.8 Å². The molecule has 2 aromatic carbocycles. The van der Waals surface area contributed by atoms with Crippen molar-refractivity contribution in [1.82, 2.24) is 0 Å². The van der Waals surface area contributed by atoms with Crippen molar-refractivity contribution >= 4 is 17.6 Å². The summed E-state index contributed by atoms with van der Waals surface area (Å²) in [5, 5.41) is 14.1. The highest BCUT2D eigenvalue weighted by Crippen LogP contribution is 2.18. The van der Waals surface area contributed by atoms with Crippen LogP contribution in [-0.4, -0.2) is 24.4 Å². The molecule has 0 saturated carbocycles. The number of benzene rings is 2. The van der Waals surface area contributed by atoms with Crippen LogP contribution in [0.4, 0.5) is 11.4 Å². The molecule has 7 nitrogen and oxygen atoms in total. The van der Waals surface area contributed by atoms with Crippen LogP contribution in [0.2, 0.25) is 0 Å². The van der Waals surface area contributed by atoms with Crippen LogP contribution in [0.15, 0.2) is 65.4 Å². The van der Waals surface area contributed by atoms with E-state index >= 15 is 0 Å². The molecule has 136 valence electrons. The van der Waals surface area contributed by atoms with E-state index in [0.717, 1.165) is 11.5 Å². The second-order valence-electron chi connectivity index (χ2n) is 5.11. The van der Waals surface area contributed by atoms with E-state index < -0.39 is 4.92 Å². The average molecular weight is 355 g/mol. The molecule has 0 fully saturated rings. The van der Waals surface area contributed by atoms with Gasteiger partial charge in [0.25, 0.3) is 0 Å². The molecular weight excluding hydrogens is 334 g/mol. The minimum Gasteiger partial charge on any atom is -0.494 e. The fraction of sp³-hybridized carbons (Fsp3) is 0.211. The SMILES string of the molecule is CCOc1ccc(N=CC(=CNc2ccc(OCC)cc2)[N+](=O)[O-])cc1. The number of hydrogen-bond donors (Lipinski definition) is 1. The van der Waals surface area contributed by atoms with E-state index in [4.69, 9.17) is 9.47 Å². The lowest BCUT2D eigenvalue weighted by Crippen LogP contribution is -2.03. The monoisotopic (exact) mass is 355 g/mol. The van der Waals surface area contributed by atoms with E-state index in [9.17, 15) is 10.1 Å². The summed E-state index contributed by atoms with van der Waals surface area (Å²) < 4.78 is 10.7. The van der Waals surface area contributed by atoms with Gasteiger partial charge in [0.2, 0.25) is 0 Å². The molecule has 2 aromatic rings. The standard InChI is InChI=1S/C19H21N3O4/c1-3-25-18-9-5-15(6-10-18)20-13-17(22(23)24)14-21-16-7-11-19(12-8-16)26-4-2/h5-14,20H,3-4H2,1-2H3. The van der Waals surface area contributed by atoms with Crippen LogP contribution in [0, 0.1) is 10.1 Å². The maximum absolute atomic E-state index is 11.2. The van der Waals surface area contributed by atoms with Crippen molar-refractivity contribution in [2.24, 2.45) is 4.99 Å². The summed E-state index contributed by atoms with van der Waals surface area (Å²) in [6.45, 7) is 4.97. The summed E-state index contributed by atoms with van der Waals surface area (Å²) in [4.78, 5) is 14.8. The summed E-state index contributed by atoms with van der Waals surface area (Å²) in [6.07, 6.45) is 2.50. The Labute approximate surface area is 152 Å². The molecule has 0 radical (unpaired) electrons. The van der Waals surface area contributed by atoms with E-state index in [2.05, 4.69) is 10.3 Å². The van der Waals surface area contributed by atoms with Gasteiger partial charge in [-0.3, -0.25) is 10.1 Å². The van der Waals surface area contributed by atoms with Crippen molar-refractivity contribution in [3.05, 3.63) is 70.5 Å². The summed E-state index contributed by atoms with van der Waals surface area (Å²) in [6, 6.07) is 14.1. The number of ether oxygens (including phenoxy) is 2. The molecule has 0 bridgehead atoms. The lowest BCUT2D eigenvalue weighted by molar-refractivity contribution is -0.414. The summed E-state index contributed by atoms with van der Waals surface area (Å²) in [5.41, 5.74) is 1.15. The topological polar surface area (TPSA) is 86.0 Å². The number of allylic oxidation sites excluding steroid dienone is 1. The largest absolute Gasteiger partial charge is 0.494 e. The second-order valence-corrected chi connectivity index (χ2v) is 5.11. The maximum atomic E-state index is 11.2. The number of nitrogens with one attached hydrogen (secondary N) is 1. The molecule has 0 aliphatic rings. The molecule has 0 heterocycles. The Morgan fingerprint density at radius 1 is 1.04 bits per heavy atom. The Morgan fingerprint density at radius 3 is 2.08 bits per heavy atom. The van der Waals surface area contributed by atoms with Gasteiger partial charge in [-0.1, -0.05) is 0 Å². The van der Waals surface area contributed by atoms with Crippen molar-refractivity contribution in [1.29, 1.82) is 0 Å². The van der Waals surface area contributed by atoms with Crippen LogP contribution in [-0.2, 0) is 0 Å². The van der Waals surface area contributed by atoms with Crippen LogP contribution in [0.25, 0.3) is 0 Å². The normalized spacial score (nSPS) is 11.4. The zero-order chi connectivity index (χ0) is 18.8. The van der Waals surface area contributed by atoms with E-state index in [-0.39, 0.29) is 5.70 Å². The van der Waals surface area contributed by atoms with Gasteiger partial charge in [0.1, 0.15) is 17.7 Å². The minimum absolute atomic E-state index is 0.159. The fourth-order valence-corrected chi connectivity index (χ4v) is 2.04. The van der Waals surface area contributed by atoms with Gasteiger partial charge in [-0.05, 0) is 62.4 Å². The Morgan fingerprint density at radius 2 is 1.58 bits per heavy atom. The summed E-state index contributed by atoms with van der Waals surface area (Å²) in [7, 11) is 0. The number of aliphatic imine (C=N–C) groups is 1. The third-order valence-corrected chi connectivity index (χ3v) is 3.26. The first-order chi connectivity index (χ1) is 12.6. The Balaban J connectivity index is 2.05. The first kappa shape index (κ1) is 19.0. The predicted molar refractivity (Wildman–Crippen MR) is 102 cm³/mol. The highest BCUT2D eigenvalue weighted by molar-refractivity contribution is 5.78. The van der Waals surface area contributed by atoms with Gasteiger partial charge in [0.05, 0.1) is 30.0 Å². The second kappa shape index (κ2) is 9.83. The van der Waals surface area contributed by atoms with Crippen molar-refractivity contribution in [3.63, 3.8) is 0 Å². The third-order valence-electron chi connectivity index (χ3n) is 3.26. The highest BCUT2D eigenvalue weighted by Gasteiger charge is 2.07. The molecule has 2 rings (SSSR count). The van der Waals surface area contributed by atoms with Crippen molar-refractivity contribution < 1.29 is 14.4 Å². The number of hydrogen-bond acceptors (Lipinski definition) is 6. The van der Waals surface area contributed by atoms with Crippen molar-refractivity contribution in [3.8, 4) is 11.5 Å². The van der Waals surface area contributed by atoms with Crippen molar-refractivity contribution in [2.75, 3.05) is 18.5 Å². The van der Waals surface area contributed by atoms with E-state index in [1.165, 1.54) is 12.4 Å². The fourth-order valence-electron chi connectivity index (χ4n) is 2.04. The number of nitrogens with zero attached hydrogens (tertiary/aromatic N) is 2. The molecular formula is C19H21N3O4. The zero-order valence-electron chi connectivity index (χ0n) is 14.7. The lowest BCUT2D eigenvalue weighted by atomic mass is 10.3. The summed E-state index contributed by atoms with van der Waals surface area (Å²) in [5.74, 6) is 1.47. The number of nitro groups is 1. The van der Waals surface area contributed by atoms with Gasteiger partial charge in [0, 0.05) is 5.69 Å². The molecule has 0 amide bonds. The Bertz CT molecular complexity index is 768. The number of rotatable bonds is 9. The Kier molecular flexibility index (Phi) is 7.17. The molecule has 0 spiro atoms. The molecule has 0 saturated heterocycles. The lowest BCUT2D eigenvalue weighted by Gasteiger charge is -2.04. The smallest absolute Gasteiger partial charge is 0.303 e. The molecule has 0 unspecified atom stereocenters. The van der Waals surface area contributed by atoms with E-state index in [0.29, 0.717) is 24.6 Å². The quantitative estimate of drug-likeness (QED) is 0.409.